The van der Waals surface area contributed by atoms with Gasteiger partial charge in [-0.05, 0) is 98.9 Å². The van der Waals surface area contributed by atoms with Crippen molar-refractivity contribution >= 4 is 8.32 Å². The Kier molecular flexibility index (Phi) is 6.76. The van der Waals surface area contributed by atoms with Gasteiger partial charge in [-0.2, -0.15) is 0 Å². The topological polar surface area (TPSA) is 38.7 Å². The van der Waals surface area contributed by atoms with E-state index < -0.39 is 8.32 Å². The molecule has 3 nitrogen and oxygen atoms in total. The molecule has 0 atom stereocenters. The lowest BCUT2D eigenvalue weighted by Crippen LogP contribution is -2.43. The molecule has 0 saturated heterocycles. The molecule has 2 rings (SSSR count). The van der Waals surface area contributed by atoms with E-state index in [-0.39, 0.29) is 11.4 Å². The smallest absolute Gasteiger partial charge is 0.193 e. The summed E-state index contributed by atoms with van der Waals surface area (Å²) in [4.78, 5) is 0. The van der Waals surface area contributed by atoms with Crippen molar-refractivity contribution in [2.45, 2.75) is 72.2 Å². The average Bonchev–Trinajstić information content (AvgIpc) is 2.64. The number of aryl methyl sites for hydroxylation is 2. The summed E-state index contributed by atoms with van der Waals surface area (Å²) in [5.74, 6) is 1.82. The molecule has 2 aromatic carbocycles. The minimum absolute atomic E-state index is 0.237. The van der Waals surface area contributed by atoms with Crippen LogP contribution in [0.1, 0.15) is 51.3 Å². The Morgan fingerprint density at radius 2 is 1.37 bits per heavy atom. The largest absolute Gasteiger partial charge is 0.508 e. The second-order valence-corrected chi connectivity index (χ2v) is 12.6. The van der Waals surface area contributed by atoms with E-state index in [2.05, 4.69) is 60.6 Å². The number of ether oxygens (including phenoxy) is 1. The molecule has 0 amide bonds. The summed E-state index contributed by atoms with van der Waals surface area (Å²) in [5.41, 5.74) is 3.06. The summed E-state index contributed by atoms with van der Waals surface area (Å²) in [6, 6.07) is 14.6. The average molecular weight is 387 g/mol. The fraction of sp³-hybridized carbons (Fsp3) is 0.478. The standard InChI is InChI=1S/C23H34O3Si/c1-8-27(9-2,10-3)26-23(6,7)19-15-17(4)22(18(5)16-19)25-21-13-11-20(24)12-14-21/h11-16,24H,8-10H2,1-7H3. The van der Waals surface area contributed by atoms with E-state index in [0.29, 0.717) is 0 Å². The first-order valence-electron chi connectivity index (χ1n) is 9.95. The molecule has 0 heterocycles. The lowest BCUT2D eigenvalue weighted by molar-refractivity contribution is 0.0939. The molecular weight excluding hydrogens is 352 g/mol. The Balaban J connectivity index is 2.33. The van der Waals surface area contributed by atoms with Gasteiger partial charge < -0.3 is 14.3 Å². The van der Waals surface area contributed by atoms with Crippen LogP contribution < -0.4 is 4.74 Å². The van der Waals surface area contributed by atoms with Crippen LogP contribution in [0.25, 0.3) is 0 Å². The number of aromatic hydroxyl groups is 1. The zero-order chi connectivity index (χ0) is 20.2. The van der Waals surface area contributed by atoms with E-state index in [4.69, 9.17) is 9.16 Å². The molecule has 148 valence electrons. The Morgan fingerprint density at radius 3 is 1.81 bits per heavy atom. The predicted octanol–water partition coefficient (Wildman–Crippen LogP) is 7.06. The molecule has 0 bridgehead atoms. The summed E-state index contributed by atoms with van der Waals surface area (Å²) in [5, 5.41) is 9.45. The van der Waals surface area contributed by atoms with E-state index >= 15 is 0 Å². The van der Waals surface area contributed by atoms with E-state index in [1.54, 1.807) is 24.3 Å². The maximum Gasteiger partial charge on any atom is 0.193 e. The van der Waals surface area contributed by atoms with Crippen molar-refractivity contribution in [3.8, 4) is 17.2 Å². The van der Waals surface area contributed by atoms with Crippen molar-refractivity contribution in [3.05, 3.63) is 53.1 Å². The second-order valence-electron chi connectivity index (χ2n) is 7.89. The van der Waals surface area contributed by atoms with E-state index in [9.17, 15) is 5.11 Å². The number of phenols is 1. The molecule has 1 N–H and O–H groups in total. The Hall–Kier alpha value is -1.78. The molecule has 27 heavy (non-hydrogen) atoms. The molecule has 0 radical (unpaired) electrons. The first-order chi connectivity index (χ1) is 12.7. The Bertz CT molecular complexity index is 730. The van der Waals surface area contributed by atoms with Gasteiger partial charge >= 0.3 is 0 Å². The summed E-state index contributed by atoms with van der Waals surface area (Å²) in [6.45, 7) is 15.3. The number of phenolic OH excluding ortho intramolecular Hbond substituents is 1. The van der Waals surface area contributed by atoms with Crippen LogP contribution in [0, 0.1) is 13.8 Å². The third-order valence-corrected chi connectivity index (χ3v) is 10.4. The van der Waals surface area contributed by atoms with Crippen LogP contribution in [-0.2, 0) is 10.0 Å². The van der Waals surface area contributed by atoms with Gasteiger partial charge in [0.2, 0.25) is 0 Å². The van der Waals surface area contributed by atoms with Crippen LogP contribution in [0.5, 0.6) is 17.2 Å². The molecule has 0 aliphatic rings. The Labute approximate surface area is 165 Å². The quantitative estimate of drug-likeness (QED) is 0.494. The van der Waals surface area contributed by atoms with Gasteiger partial charge in [0, 0.05) is 0 Å². The first-order valence-corrected chi connectivity index (χ1v) is 12.5. The minimum Gasteiger partial charge on any atom is -0.508 e. The van der Waals surface area contributed by atoms with Gasteiger partial charge in [-0.25, -0.2) is 0 Å². The van der Waals surface area contributed by atoms with Crippen LogP contribution >= 0.6 is 0 Å². The summed E-state index contributed by atoms with van der Waals surface area (Å²) >= 11 is 0. The molecule has 0 saturated carbocycles. The zero-order valence-electron chi connectivity index (χ0n) is 17.8. The maximum atomic E-state index is 9.45. The normalized spacial score (nSPS) is 12.3. The highest BCUT2D eigenvalue weighted by molar-refractivity contribution is 6.73. The molecule has 0 fully saturated rings. The van der Waals surface area contributed by atoms with Crippen LogP contribution in [0.4, 0.5) is 0 Å². The molecule has 0 aromatic heterocycles. The van der Waals surface area contributed by atoms with Crippen LogP contribution in [0.2, 0.25) is 18.1 Å². The third-order valence-electron chi connectivity index (χ3n) is 5.62. The van der Waals surface area contributed by atoms with Crippen molar-refractivity contribution in [3.63, 3.8) is 0 Å². The fourth-order valence-corrected chi connectivity index (χ4v) is 6.79. The fourth-order valence-electron chi connectivity index (χ4n) is 3.66. The summed E-state index contributed by atoms with van der Waals surface area (Å²) < 4.78 is 12.9. The van der Waals surface area contributed by atoms with Crippen LogP contribution in [0.3, 0.4) is 0 Å². The number of rotatable bonds is 8. The summed E-state index contributed by atoms with van der Waals surface area (Å²) in [6.07, 6.45) is 0. The molecule has 4 heteroatoms. The van der Waals surface area contributed by atoms with Gasteiger partial charge in [-0.3, -0.25) is 0 Å². The molecule has 0 unspecified atom stereocenters. The van der Waals surface area contributed by atoms with Gasteiger partial charge in [0.25, 0.3) is 0 Å². The monoisotopic (exact) mass is 386 g/mol. The second kappa shape index (κ2) is 8.49. The lowest BCUT2D eigenvalue weighted by Gasteiger charge is -2.39. The molecule has 0 spiro atoms. The lowest BCUT2D eigenvalue weighted by atomic mass is 9.94. The van der Waals surface area contributed by atoms with Crippen molar-refractivity contribution in [2.24, 2.45) is 0 Å². The molecule has 2 aromatic rings. The van der Waals surface area contributed by atoms with Gasteiger partial charge in [0.05, 0.1) is 5.60 Å². The number of hydrogen-bond donors (Lipinski definition) is 1. The van der Waals surface area contributed by atoms with E-state index in [1.165, 1.54) is 5.56 Å². The predicted molar refractivity (Wildman–Crippen MR) is 115 cm³/mol. The molecule has 0 aliphatic heterocycles. The minimum atomic E-state index is -1.71. The van der Waals surface area contributed by atoms with Crippen molar-refractivity contribution < 1.29 is 14.3 Å². The van der Waals surface area contributed by atoms with Crippen LogP contribution in [0.15, 0.2) is 36.4 Å². The van der Waals surface area contributed by atoms with Gasteiger partial charge in [0.15, 0.2) is 8.32 Å². The SMILES string of the molecule is CC[Si](CC)(CC)OC(C)(C)c1cc(C)c(Oc2ccc(O)cc2)c(C)c1. The Morgan fingerprint density at radius 1 is 0.889 bits per heavy atom. The molecular formula is C23H34O3Si. The number of hydrogen-bond acceptors (Lipinski definition) is 3. The highest BCUT2D eigenvalue weighted by atomic mass is 28.4. The van der Waals surface area contributed by atoms with E-state index in [1.807, 2.05) is 0 Å². The van der Waals surface area contributed by atoms with Crippen molar-refractivity contribution in [1.29, 1.82) is 0 Å². The summed E-state index contributed by atoms with van der Waals surface area (Å²) in [7, 11) is -1.71. The van der Waals surface area contributed by atoms with Gasteiger partial charge in [-0.1, -0.05) is 20.8 Å². The van der Waals surface area contributed by atoms with Crippen molar-refractivity contribution in [2.75, 3.05) is 0 Å². The van der Waals surface area contributed by atoms with Gasteiger partial charge in [-0.15, -0.1) is 0 Å². The third kappa shape index (κ3) is 4.93. The van der Waals surface area contributed by atoms with Gasteiger partial charge in [0.1, 0.15) is 17.2 Å². The van der Waals surface area contributed by atoms with Crippen molar-refractivity contribution in [1.82, 2.24) is 0 Å². The molecule has 0 aliphatic carbocycles. The highest BCUT2D eigenvalue weighted by Crippen LogP contribution is 2.38. The first kappa shape index (κ1) is 21.5. The maximum absolute atomic E-state index is 9.45. The zero-order valence-corrected chi connectivity index (χ0v) is 18.8. The van der Waals surface area contributed by atoms with E-state index in [0.717, 1.165) is 40.8 Å². The van der Waals surface area contributed by atoms with Crippen LogP contribution in [-0.4, -0.2) is 13.4 Å². The highest BCUT2D eigenvalue weighted by Gasteiger charge is 2.36. The number of benzene rings is 2.